The molecule has 1 aromatic heterocycles. The number of hydrogen-bond acceptors (Lipinski definition) is 7. The standard InChI is InChI=1S/C23H18F6N2O5S2/c24-22(25,26)13-3-11(4-14(5-13)23(27,28)29)17-2-1-15(36-17)6-18-20(35)31(21(37)38-18)8-12-7-30(9-16(12)32)10-19(33)34/h1-6,12,16,32H,7-10H2,(H,33,34)/b18-6-. The molecule has 2 fully saturated rings. The summed E-state index contributed by atoms with van der Waals surface area (Å²) in [5.41, 5.74) is -3.42. The number of carboxylic acid groups (broad SMARTS) is 1. The van der Waals surface area contributed by atoms with Crippen LogP contribution < -0.4 is 0 Å². The zero-order chi connectivity index (χ0) is 28.0. The molecule has 3 heterocycles. The summed E-state index contributed by atoms with van der Waals surface area (Å²) in [6.07, 6.45) is -9.64. The summed E-state index contributed by atoms with van der Waals surface area (Å²) in [6, 6.07) is 3.57. The highest BCUT2D eigenvalue weighted by molar-refractivity contribution is 8.26. The molecule has 0 saturated carbocycles. The van der Waals surface area contributed by atoms with Gasteiger partial charge in [-0.15, -0.1) is 0 Å². The lowest BCUT2D eigenvalue weighted by atomic mass is 10.0. The lowest BCUT2D eigenvalue weighted by molar-refractivity contribution is -0.143. The number of alkyl halides is 6. The third kappa shape index (κ3) is 6.22. The Morgan fingerprint density at radius 2 is 1.74 bits per heavy atom. The van der Waals surface area contributed by atoms with Gasteiger partial charge in [-0.3, -0.25) is 19.4 Å². The largest absolute Gasteiger partial charge is 0.480 e. The van der Waals surface area contributed by atoms with E-state index in [9.17, 15) is 41.0 Å². The highest BCUT2D eigenvalue weighted by Crippen LogP contribution is 2.40. The summed E-state index contributed by atoms with van der Waals surface area (Å²) in [4.78, 5) is 26.7. The Bertz CT molecular complexity index is 1270. The molecule has 2 unspecified atom stereocenters. The monoisotopic (exact) mass is 580 g/mol. The van der Waals surface area contributed by atoms with Gasteiger partial charge in [0.05, 0.1) is 28.7 Å². The molecule has 2 saturated heterocycles. The van der Waals surface area contributed by atoms with Crippen molar-refractivity contribution in [3.05, 3.63) is 52.1 Å². The van der Waals surface area contributed by atoms with E-state index in [-0.39, 0.29) is 53.0 Å². The van der Waals surface area contributed by atoms with Crippen LogP contribution in [0.5, 0.6) is 0 Å². The van der Waals surface area contributed by atoms with E-state index >= 15 is 0 Å². The van der Waals surface area contributed by atoms with Crippen LogP contribution in [0.3, 0.4) is 0 Å². The van der Waals surface area contributed by atoms with Gasteiger partial charge in [-0.05, 0) is 30.3 Å². The number of nitrogens with zero attached hydrogens (tertiary/aromatic N) is 2. The molecule has 0 bridgehead atoms. The number of carbonyl (C=O) groups is 2. The van der Waals surface area contributed by atoms with Crippen LogP contribution in [0.1, 0.15) is 16.9 Å². The fourth-order valence-electron chi connectivity index (χ4n) is 4.15. The molecular formula is C23H18F6N2O5S2. The van der Waals surface area contributed by atoms with Gasteiger partial charge in [0, 0.05) is 37.2 Å². The summed E-state index contributed by atoms with van der Waals surface area (Å²) >= 11 is 6.17. The van der Waals surface area contributed by atoms with Crippen molar-refractivity contribution in [2.24, 2.45) is 5.92 Å². The number of rotatable bonds is 6. The van der Waals surface area contributed by atoms with Crippen LogP contribution in [-0.2, 0) is 21.9 Å². The molecule has 204 valence electrons. The van der Waals surface area contributed by atoms with Crippen molar-refractivity contribution in [3.63, 3.8) is 0 Å². The Morgan fingerprint density at radius 1 is 1.11 bits per heavy atom. The number of thiocarbonyl (C=S) groups is 1. The van der Waals surface area contributed by atoms with Gasteiger partial charge >= 0.3 is 18.3 Å². The Kier molecular flexibility index (Phi) is 7.67. The zero-order valence-electron chi connectivity index (χ0n) is 19.0. The van der Waals surface area contributed by atoms with Crippen molar-refractivity contribution in [1.82, 2.24) is 9.80 Å². The first-order chi connectivity index (χ1) is 17.6. The summed E-state index contributed by atoms with van der Waals surface area (Å²) in [7, 11) is 0. The number of aliphatic hydroxyl groups excluding tert-OH is 1. The van der Waals surface area contributed by atoms with E-state index in [4.69, 9.17) is 21.7 Å². The van der Waals surface area contributed by atoms with Crippen LogP contribution in [0.2, 0.25) is 0 Å². The lowest BCUT2D eigenvalue weighted by Gasteiger charge is -2.21. The van der Waals surface area contributed by atoms with Crippen molar-refractivity contribution < 1.29 is 50.6 Å². The predicted molar refractivity (Wildman–Crippen MR) is 128 cm³/mol. The maximum atomic E-state index is 13.2. The first-order valence-electron chi connectivity index (χ1n) is 10.9. The van der Waals surface area contributed by atoms with Crippen LogP contribution in [0.4, 0.5) is 26.3 Å². The van der Waals surface area contributed by atoms with E-state index < -0.39 is 52.9 Å². The Balaban J connectivity index is 1.53. The topological polar surface area (TPSA) is 94.2 Å². The van der Waals surface area contributed by atoms with Gasteiger partial charge in [-0.25, -0.2) is 0 Å². The smallest absolute Gasteiger partial charge is 0.416 e. The molecule has 2 atom stereocenters. The van der Waals surface area contributed by atoms with E-state index in [2.05, 4.69) is 0 Å². The first kappa shape index (κ1) is 28.1. The molecule has 1 aromatic carbocycles. The van der Waals surface area contributed by atoms with Gasteiger partial charge < -0.3 is 14.6 Å². The number of aliphatic hydroxyl groups is 1. The molecule has 2 aromatic rings. The van der Waals surface area contributed by atoms with Crippen molar-refractivity contribution in [2.45, 2.75) is 18.5 Å². The van der Waals surface area contributed by atoms with Crippen molar-refractivity contribution >= 4 is 46.3 Å². The van der Waals surface area contributed by atoms with Crippen LogP contribution in [0, 0.1) is 5.92 Å². The fraction of sp³-hybridized carbons (Fsp3) is 0.348. The van der Waals surface area contributed by atoms with Crippen molar-refractivity contribution in [1.29, 1.82) is 0 Å². The highest BCUT2D eigenvalue weighted by atomic mass is 32.2. The Hall–Kier alpha value is -2.88. The molecule has 7 nitrogen and oxygen atoms in total. The van der Waals surface area contributed by atoms with Gasteiger partial charge in [0.25, 0.3) is 5.91 Å². The molecule has 0 aliphatic carbocycles. The van der Waals surface area contributed by atoms with Crippen LogP contribution in [0.15, 0.2) is 39.7 Å². The second-order valence-electron chi connectivity index (χ2n) is 8.70. The number of carbonyl (C=O) groups excluding carboxylic acids is 1. The number of halogens is 6. The summed E-state index contributed by atoms with van der Waals surface area (Å²) in [6.45, 7) is 0.139. The van der Waals surface area contributed by atoms with Gasteiger partial charge in [0.2, 0.25) is 0 Å². The molecule has 2 aliphatic heterocycles. The second kappa shape index (κ2) is 10.4. The average Bonchev–Trinajstić information content (AvgIpc) is 3.47. The number of β-amino-alcohol motifs (C(OH)–C–C–N with tert-alkyl or cyclic N) is 1. The molecular weight excluding hydrogens is 562 g/mol. The van der Waals surface area contributed by atoms with Gasteiger partial charge in [0.15, 0.2) is 0 Å². The molecule has 0 spiro atoms. The van der Waals surface area contributed by atoms with Crippen molar-refractivity contribution in [3.8, 4) is 11.3 Å². The van der Waals surface area contributed by atoms with Gasteiger partial charge in [-0.2, -0.15) is 26.3 Å². The third-order valence-electron chi connectivity index (χ3n) is 5.90. The van der Waals surface area contributed by atoms with E-state index in [1.165, 1.54) is 28.0 Å². The maximum absolute atomic E-state index is 13.2. The normalized spacial score (nSPS) is 22.2. The lowest BCUT2D eigenvalue weighted by Crippen LogP contribution is -2.37. The molecule has 1 amide bonds. The Morgan fingerprint density at radius 3 is 2.32 bits per heavy atom. The van der Waals surface area contributed by atoms with Crippen LogP contribution in [-0.4, -0.2) is 68.5 Å². The van der Waals surface area contributed by atoms with Gasteiger partial charge in [0.1, 0.15) is 15.8 Å². The Labute approximate surface area is 220 Å². The number of benzene rings is 1. The van der Waals surface area contributed by atoms with E-state index in [1.807, 2.05) is 0 Å². The number of thioether (sulfide) groups is 1. The summed E-state index contributed by atoms with van der Waals surface area (Å²) in [5, 5.41) is 19.2. The first-order valence-corrected chi connectivity index (χ1v) is 12.1. The van der Waals surface area contributed by atoms with Gasteiger partial charge in [-0.1, -0.05) is 24.0 Å². The third-order valence-corrected chi connectivity index (χ3v) is 7.28. The molecule has 38 heavy (non-hydrogen) atoms. The quantitative estimate of drug-likeness (QED) is 0.292. The van der Waals surface area contributed by atoms with Crippen LogP contribution >= 0.6 is 24.0 Å². The SMILES string of the molecule is O=C(O)CN1CC(O)C(CN2C(=O)/C(=C/c3ccc(-c4cc(C(F)(F)F)cc(C(F)(F)F)c4)o3)SC2=S)C1. The summed E-state index contributed by atoms with van der Waals surface area (Å²) in [5.74, 6) is -2.30. The van der Waals surface area contributed by atoms with Crippen molar-refractivity contribution in [2.75, 3.05) is 26.2 Å². The highest BCUT2D eigenvalue weighted by Gasteiger charge is 2.40. The molecule has 2 aliphatic rings. The molecule has 4 rings (SSSR count). The minimum Gasteiger partial charge on any atom is -0.480 e. The van der Waals surface area contributed by atoms with E-state index in [0.717, 1.165) is 11.8 Å². The van der Waals surface area contributed by atoms with E-state index in [1.54, 1.807) is 0 Å². The summed E-state index contributed by atoms with van der Waals surface area (Å²) < 4.78 is 84.7. The number of furan rings is 1. The molecule has 0 radical (unpaired) electrons. The number of carboxylic acids is 1. The predicted octanol–water partition coefficient (Wildman–Crippen LogP) is 4.56. The second-order valence-corrected chi connectivity index (χ2v) is 10.4. The minimum atomic E-state index is -5.02. The number of amides is 1. The number of hydrogen-bond donors (Lipinski definition) is 2. The number of likely N-dealkylation sites (tertiary alicyclic amines) is 1. The van der Waals surface area contributed by atoms with E-state index in [0.29, 0.717) is 12.1 Å². The minimum absolute atomic E-state index is 0.00000449. The zero-order valence-corrected chi connectivity index (χ0v) is 20.7. The molecule has 2 N–H and O–H groups in total. The van der Waals surface area contributed by atoms with Crippen LogP contribution in [0.25, 0.3) is 17.4 Å². The number of aliphatic carboxylic acids is 1. The fourth-order valence-corrected chi connectivity index (χ4v) is 5.40. The molecule has 15 heteroatoms. The maximum Gasteiger partial charge on any atom is 0.416 e. The average molecular weight is 581 g/mol.